The third kappa shape index (κ3) is 11.7. The van der Waals surface area contributed by atoms with Gasteiger partial charge in [0.15, 0.2) is 0 Å². The van der Waals surface area contributed by atoms with E-state index in [-0.39, 0.29) is 32.9 Å². The summed E-state index contributed by atoms with van der Waals surface area (Å²) in [6, 6.07) is 15.3. The molecule has 0 saturated heterocycles. The molecule has 35 heavy (non-hydrogen) atoms. The molecule has 2 aromatic rings. The van der Waals surface area contributed by atoms with Gasteiger partial charge in [-0.05, 0) is 26.8 Å². The van der Waals surface area contributed by atoms with Crippen LogP contribution in [0.25, 0.3) is 0 Å². The Morgan fingerprint density at radius 1 is 0.657 bits per heavy atom. The molecular weight excluding hydrogens is 518 g/mol. The normalized spacial score (nSPS) is 13.5. The maximum absolute atomic E-state index is 2.63. The molecule has 2 aromatic carbocycles. The average Bonchev–Trinajstić information content (AvgIpc) is 3.26. The van der Waals surface area contributed by atoms with Gasteiger partial charge < -0.3 is 0 Å². The molecule has 202 valence electrons. The van der Waals surface area contributed by atoms with Gasteiger partial charge in [-0.25, -0.2) is 18.2 Å². The summed E-state index contributed by atoms with van der Waals surface area (Å²) in [5.41, 5.74) is 3.36. The summed E-state index contributed by atoms with van der Waals surface area (Å²) in [6.07, 6.45) is 2.55. The Labute approximate surface area is 234 Å². The van der Waals surface area contributed by atoms with E-state index >= 15 is 0 Å². The van der Waals surface area contributed by atoms with Crippen molar-refractivity contribution < 1.29 is 17.1 Å². The second-order valence-electron chi connectivity index (χ2n) is 14.9. The van der Waals surface area contributed by atoms with Crippen LogP contribution in [0.15, 0.2) is 42.5 Å². The van der Waals surface area contributed by atoms with Crippen LogP contribution in [0, 0.1) is 0 Å². The molecular formula is C31H56FeP2Si. The minimum atomic E-state index is -1.32. The first-order chi connectivity index (χ1) is 15.0. The molecule has 0 heterocycles. The van der Waals surface area contributed by atoms with Gasteiger partial charge in [0.1, 0.15) is 0 Å². The Balaban J connectivity index is 0.00000170. The van der Waals surface area contributed by atoms with Gasteiger partial charge in [0.2, 0.25) is 0 Å². The van der Waals surface area contributed by atoms with Crippen molar-refractivity contribution in [3.8, 4) is 0 Å². The predicted octanol–water partition coefficient (Wildman–Crippen LogP) is 10.5. The molecule has 0 radical (unpaired) electrons. The summed E-state index contributed by atoms with van der Waals surface area (Å²) in [5.74, 6) is 0. The monoisotopic (exact) mass is 574 g/mol. The van der Waals surface area contributed by atoms with Gasteiger partial charge in [0, 0.05) is 0 Å². The summed E-state index contributed by atoms with van der Waals surface area (Å²) in [7, 11) is -1.55. The van der Waals surface area contributed by atoms with Crippen LogP contribution in [0.4, 0.5) is 0 Å². The molecule has 0 atom stereocenters. The first-order valence-corrected chi connectivity index (χ1v) is 19.6. The van der Waals surface area contributed by atoms with Crippen molar-refractivity contribution >= 4 is 29.1 Å². The van der Waals surface area contributed by atoms with Crippen molar-refractivity contribution in [1.82, 2.24) is 0 Å². The molecule has 0 aliphatic carbocycles. The summed E-state index contributed by atoms with van der Waals surface area (Å²) in [5, 5.41) is 3.17. The van der Waals surface area contributed by atoms with Crippen molar-refractivity contribution in [3.63, 3.8) is 0 Å². The first kappa shape index (κ1) is 35.3. The molecule has 0 aliphatic heterocycles. The molecule has 0 aliphatic rings. The fourth-order valence-electron chi connectivity index (χ4n) is 4.95. The van der Waals surface area contributed by atoms with Crippen LogP contribution in [0.1, 0.15) is 94.2 Å². The summed E-state index contributed by atoms with van der Waals surface area (Å²) < 4.78 is 0. The van der Waals surface area contributed by atoms with Crippen LogP contribution in [0.5, 0.6) is 0 Å². The van der Waals surface area contributed by atoms with Crippen LogP contribution >= 0.6 is 15.8 Å². The molecule has 0 nitrogen and oxygen atoms in total. The van der Waals surface area contributed by atoms with E-state index in [1.54, 1.807) is 16.3 Å². The number of hydrogen-bond acceptors (Lipinski definition) is 0. The van der Waals surface area contributed by atoms with Gasteiger partial charge in [-0.3, -0.25) is 0 Å². The number of rotatable bonds is 5. The minimum Gasteiger partial charge on any atom is -0.214 e. The topological polar surface area (TPSA) is 0 Å². The molecule has 0 amide bonds. The van der Waals surface area contributed by atoms with E-state index in [0.29, 0.717) is 20.6 Å². The molecule has 0 aromatic heterocycles. The van der Waals surface area contributed by atoms with Crippen molar-refractivity contribution in [2.75, 3.05) is 0 Å². The SMILES string of the molecule is CC(C)(C)P(Cc1cc([Si](C)(C)C)[cH-]c1CP(C(C)(C)C)C(C)(C)C)C(C)(C)C.[Fe+2].c1cc[cH-]c1. The van der Waals surface area contributed by atoms with Gasteiger partial charge >= 0.3 is 17.1 Å². The van der Waals surface area contributed by atoms with Crippen molar-refractivity contribution in [1.29, 1.82) is 0 Å². The second kappa shape index (κ2) is 12.9. The van der Waals surface area contributed by atoms with E-state index in [1.807, 2.05) is 30.3 Å². The molecule has 0 saturated carbocycles. The van der Waals surface area contributed by atoms with Gasteiger partial charge in [-0.1, -0.05) is 117 Å². The molecule has 0 unspecified atom stereocenters. The van der Waals surface area contributed by atoms with Gasteiger partial charge in [-0.2, -0.15) is 40.6 Å². The van der Waals surface area contributed by atoms with Gasteiger partial charge in [-0.15, -0.1) is 7.92 Å². The fraction of sp³-hybridized carbons (Fsp3) is 0.677. The standard InChI is InChI=1S/C26H51P2Si.C5H5.Fe/c1-23(2,3)27(24(4,5)6)18-20-16-22(29(13,14)15)17-21(20)19-28(25(7,8)9)26(10,11)12;1-2-4-5-3-1;/h16-17H,18-19H2,1-15H3;1-5H;/q2*-1;+2. The smallest absolute Gasteiger partial charge is 0.214 e. The van der Waals surface area contributed by atoms with E-state index in [4.69, 9.17) is 0 Å². The van der Waals surface area contributed by atoms with Crippen LogP contribution in [-0.2, 0) is 29.4 Å². The summed E-state index contributed by atoms with van der Waals surface area (Å²) in [6.45, 7) is 37.0. The van der Waals surface area contributed by atoms with Gasteiger partial charge in [0.25, 0.3) is 0 Å². The van der Waals surface area contributed by atoms with E-state index in [2.05, 4.69) is 115 Å². The van der Waals surface area contributed by atoms with Crippen molar-refractivity contribution in [2.45, 2.75) is 136 Å². The second-order valence-corrected chi connectivity index (χ2v) is 27.7. The minimum absolute atomic E-state index is 0. The first-order valence-electron chi connectivity index (χ1n) is 13.1. The Hall–Kier alpha value is 0.296. The zero-order chi connectivity index (χ0) is 26.8. The largest absolute Gasteiger partial charge is 2.00 e. The Morgan fingerprint density at radius 2 is 1.03 bits per heavy atom. The average molecular weight is 575 g/mol. The molecule has 0 spiro atoms. The fourth-order valence-corrected chi connectivity index (χ4v) is 13.4. The van der Waals surface area contributed by atoms with E-state index in [9.17, 15) is 0 Å². The Bertz CT molecular complexity index is 748. The summed E-state index contributed by atoms with van der Waals surface area (Å²) in [4.78, 5) is 0. The summed E-state index contributed by atoms with van der Waals surface area (Å²) >= 11 is 0. The zero-order valence-corrected chi connectivity index (χ0v) is 29.6. The Kier molecular flexibility index (Phi) is 13.0. The third-order valence-electron chi connectivity index (χ3n) is 6.39. The van der Waals surface area contributed by atoms with Gasteiger partial charge in [0.05, 0.1) is 8.07 Å². The number of hydrogen-bond donors (Lipinski definition) is 0. The molecule has 2 rings (SSSR count). The van der Waals surface area contributed by atoms with E-state index in [1.165, 1.54) is 12.3 Å². The van der Waals surface area contributed by atoms with E-state index < -0.39 is 8.07 Å². The molecule has 0 fully saturated rings. The van der Waals surface area contributed by atoms with Crippen LogP contribution in [0.2, 0.25) is 19.6 Å². The van der Waals surface area contributed by atoms with Crippen LogP contribution in [-0.4, -0.2) is 28.7 Å². The van der Waals surface area contributed by atoms with Crippen LogP contribution in [0.3, 0.4) is 0 Å². The maximum Gasteiger partial charge on any atom is 2.00 e. The Morgan fingerprint density at radius 3 is 1.31 bits per heavy atom. The van der Waals surface area contributed by atoms with E-state index in [0.717, 1.165) is 0 Å². The molecule has 0 bridgehead atoms. The predicted molar refractivity (Wildman–Crippen MR) is 167 cm³/mol. The quantitative estimate of drug-likeness (QED) is 0.189. The maximum atomic E-state index is 2.63. The molecule has 4 heteroatoms. The third-order valence-corrected chi connectivity index (χ3v) is 16.2. The van der Waals surface area contributed by atoms with Crippen molar-refractivity contribution in [2.24, 2.45) is 0 Å². The van der Waals surface area contributed by atoms with Crippen LogP contribution < -0.4 is 5.19 Å². The zero-order valence-electron chi connectivity index (χ0n) is 25.7. The molecule has 0 N–H and O–H groups in total. The van der Waals surface area contributed by atoms with Crippen molar-refractivity contribution in [3.05, 3.63) is 53.6 Å².